The van der Waals surface area contributed by atoms with Crippen molar-refractivity contribution < 1.29 is 14.3 Å². The Balaban J connectivity index is 2.24. The topological polar surface area (TPSA) is 43.7 Å². The predicted molar refractivity (Wildman–Crippen MR) is 104 cm³/mol. The van der Waals surface area contributed by atoms with Crippen molar-refractivity contribution in [3.05, 3.63) is 24.0 Å². The van der Waals surface area contributed by atoms with E-state index in [9.17, 15) is 4.79 Å². The number of ether oxygens (including phenoxy) is 2. The van der Waals surface area contributed by atoms with Gasteiger partial charge in [0, 0.05) is 24.9 Å². The van der Waals surface area contributed by atoms with Gasteiger partial charge in [-0.15, -0.1) is 0 Å². The third-order valence-corrected chi connectivity index (χ3v) is 5.41. The van der Waals surface area contributed by atoms with Gasteiger partial charge in [0.15, 0.2) is 0 Å². The van der Waals surface area contributed by atoms with Gasteiger partial charge in [-0.25, -0.2) is 4.79 Å². The minimum atomic E-state index is -0.517. The second kappa shape index (κ2) is 8.03. The van der Waals surface area contributed by atoms with Crippen molar-refractivity contribution >= 4 is 6.09 Å². The molecule has 0 aliphatic carbocycles. The number of nitrogens with zero attached hydrogens (tertiary/aromatic N) is 2. The second-order valence-electron chi connectivity index (χ2n) is 8.74. The fourth-order valence-corrected chi connectivity index (χ4v) is 3.74. The highest BCUT2D eigenvalue weighted by atomic mass is 16.6. The fraction of sp³-hybridized carbons (Fsp3) is 0.762. The van der Waals surface area contributed by atoms with Crippen LogP contribution in [-0.4, -0.2) is 39.5 Å². The minimum absolute atomic E-state index is 0.210. The summed E-state index contributed by atoms with van der Waals surface area (Å²) in [6.07, 6.45) is 5.29. The van der Waals surface area contributed by atoms with E-state index in [0.717, 1.165) is 25.7 Å². The standard InChI is InChI=1S/C21H36N2O3/c1-8-16(9-2)18-23(19(24)26-20(3,4)5)21(6,15-25-18)13-12-17-11-10-14-22(17)7/h10-11,14,16,18H,8-9,12-13,15H2,1-7H3/t18-,21-/m1/s1. The van der Waals surface area contributed by atoms with Crippen LogP contribution in [0.15, 0.2) is 18.3 Å². The molecule has 148 valence electrons. The summed E-state index contributed by atoms with van der Waals surface area (Å²) < 4.78 is 14.1. The molecule has 0 unspecified atom stereocenters. The molecule has 1 saturated heterocycles. The van der Waals surface area contributed by atoms with Crippen molar-refractivity contribution in [1.82, 2.24) is 9.47 Å². The second-order valence-corrected chi connectivity index (χ2v) is 8.74. The van der Waals surface area contributed by atoms with E-state index in [2.05, 4.69) is 50.7 Å². The molecule has 0 N–H and O–H groups in total. The van der Waals surface area contributed by atoms with E-state index in [1.807, 2.05) is 25.7 Å². The third kappa shape index (κ3) is 4.61. The Morgan fingerprint density at radius 3 is 2.54 bits per heavy atom. The normalized spacial score (nSPS) is 23.7. The van der Waals surface area contributed by atoms with E-state index in [0.29, 0.717) is 12.5 Å². The van der Waals surface area contributed by atoms with Gasteiger partial charge in [0.1, 0.15) is 11.8 Å². The van der Waals surface area contributed by atoms with Crippen molar-refractivity contribution in [3.63, 3.8) is 0 Å². The molecular formula is C21H36N2O3. The van der Waals surface area contributed by atoms with Crippen LogP contribution in [0.2, 0.25) is 0 Å². The molecule has 1 fully saturated rings. The zero-order valence-electron chi connectivity index (χ0n) is 17.5. The lowest BCUT2D eigenvalue weighted by Gasteiger charge is -2.39. The summed E-state index contributed by atoms with van der Waals surface area (Å²) in [4.78, 5) is 15.0. The van der Waals surface area contributed by atoms with Crippen LogP contribution in [0.25, 0.3) is 0 Å². The van der Waals surface area contributed by atoms with Crippen molar-refractivity contribution in [1.29, 1.82) is 0 Å². The van der Waals surface area contributed by atoms with E-state index >= 15 is 0 Å². The average Bonchev–Trinajstić information content (AvgIpc) is 3.09. The van der Waals surface area contributed by atoms with E-state index < -0.39 is 5.60 Å². The van der Waals surface area contributed by atoms with Gasteiger partial charge in [-0.2, -0.15) is 0 Å². The van der Waals surface area contributed by atoms with E-state index in [-0.39, 0.29) is 17.9 Å². The molecule has 1 aromatic heterocycles. The maximum absolute atomic E-state index is 13.1. The molecule has 5 heteroatoms. The summed E-state index contributed by atoms with van der Waals surface area (Å²) in [7, 11) is 2.06. The summed E-state index contributed by atoms with van der Waals surface area (Å²) in [5, 5.41) is 0. The highest BCUT2D eigenvalue weighted by molar-refractivity contribution is 5.70. The van der Waals surface area contributed by atoms with Gasteiger partial charge in [-0.1, -0.05) is 13.8 Å². The molecule has 0 radical (unpaired) electrons. The molecule has 0 saturated carbocycles. The number of rotatable bonds is 6. The molecule has 2 atom stereocenters. The lowest BCUT2D eigenvalue weighted by molar-refractivity contribution is -0.0447. The smallest absolute Gasteiger partial charge is 0.412 e. The molecule has 2 rings (SSSR count). The molecule has 5 nitrogen and oxygen atoms in total. The van der Waals surface area contributed by atoms with Crippen LogP contribution in [-0.2, 0) is 22.9 Å². The van der Waals surface area contributed by atoms with E-state index in [1.165, 1.54) is 5.69 Å². The Hall–Kier alpha value is -1.49. The molecule has 0 spiro atoms. The SMILES string of the molecule is CCC(CC)[C@H]1OC[C@@](C)(CCc2cccn2C)N1C(=O)OC(C)(C)C. The zero-order valence-corrected chi connectivity index (χ0v) is 17.5. The fourth-order valence-electron chi connectivity index (χ4n) is 3.74. The maximum atomic E-state index is 13.1. The first-order chi connectivity index (χ1) is 12.1. The summed E-state index contributed by atoms with van der Waals surface area (Å²) in [6, 6.07) is 4.19. The molecule has 1 aliphatic heterocycles. The first-order valence-electron chi connectivity index (χ1n) is 9.85. The first-order valence-corrected chi connectivity index (χ1v) is 9.85. The van der Waals surface area contributed by atoms with E-state index in [4.69, 9.17) is 9.47 Å². The number of hydrogen-bond donors (Lipinski definition) is 0. The number of aryl methyl sites for hydroxylation is 2. The molecule has 26 heavy (non-hydrogen) atoms. The van der Waals surface area contributed by atoms with Crippen LogP contribution in [0.4, 0.5) is 4.79 Å². The van der Waals surface area contributed by atoms with Gasteiger partial charge in [0.2, 0.25) is 0 Å². The lowest BCUT2D eigenvalue weighted by atomic mass is 9.92. The van der Waals surface area contributed by atoms with Crippen molar-refractivity contribution in [3.8, 4) is 0 Å². The summed E-state index contributed by atoms with van der Waals surface area (Å²) >= 11 is 0. The maximum Gasteiger partial charge on any atom is 0.412 e. The first kappa shape index (κ1) is 20.8. The van der Waals surface area contributed by atoms with E-state index in [1.54, 1.807) is 0 Å². The Morgan fingerprint density at radius 2 is 2.04 bits per heavy atom. The quantitative estimate of drug-likeness (QED) is 0.732. The zero-order chi connectivity index (χ0) is 19.5. The Labute approximate surface area is 158 Å². The van der Waals surface area contributed by atoms with Gasteiger partial charge in [-0.3, -0.25) is 4.90 Å². The highest BCUT2D eigenvalue weighted by Crippen LogP contribution is 2.37. The third-order valence-electron chi connectivity index (χ3n) is 5.41. The van der Waals surface area contributed by atoms with Crippen LogP contribution < -0.4 is 0 Å². The lowest BCUT2D eigenvalue weighted by Crippen LogP contribution is -2.53. The summed E-state index contributed by atoms with van der Waals surface area (Å²) in [6.45, 7) is 12.7. The Morgan fingerprint density at radius 1 is 1.38 bits per heavy atom. The number of amides is 1. The Bertz CT molecular complexity index is 601. The van der Waals surface area contributed by atoms with Gasteiger partial charge in [-0.05, 0) is 65.5 Å². The van der Waals surface area contributed by atoms with Crippen LogP contribution >= 0.6 is 0 Å². The monoisotopic (exact) mass is 364 g/mol. The van der Waals surface area contributed by atoms with Gasteiger partial charge in [0.05, 0.1) is 12.1 Å². The van der Waals surface area contributed by atoms with Gasteiger partial charge >= 0.3 is 6.09 Å². The number of hydrogen-bond acceptors (Lipinski definition) is 3. The Kier molecular flexibility index (Phi) is 6.43. The van der Waals surface area contributed by atoms with Crippen molar-refractivity contribution in [2.24, 2.45) is 13.0 Å². The van der Waals surface area contributed by atoms with Crippen LogP contribution in [0.5, 0.6) is 0 Å². The summed E-state index contributed by atoms with van der Waals surface area (Å²) in [5.74, 6) is 0.319. The molecule has 1 aromatic rings. The average molecular weight is 365 g/mol. The molecule has 0 aromatic carbocycles. The van der Waals surface area contributed by atoms with Gasteiger partial charge in [0.25, 0.3) is 0 Å². The molecule has 1 aliphatic rings. The molecule has 0 bridgehead atoms. The largest absolute Gasteiger partial charge is 0.444 e. The van der Waals surface area contributed by atoms with Crippen molar-refractivity contribution in [2.45, 2.75) is 84.6 Å². The number of aromatic nitrogens is 1. The molecule has 1 amide bonds. The molecular weight excluding hydrogens is 328 g/mol. The van der Waals surface area contributed by atoms with Crippen LogP contribution in [0.3, 0.4) is 0 Å². The predicted octanol–water partition coefficient (Wildman–Crippen LogP) is 4.75. The van der Waals surface area contributed by atoms with Gasteiger partial charge < -0.3 is 14.0 Å². The number of carbonyl (C=O) groups excluding carboxylic acids is 1. The van der Waals surface area contributed by atoms with Crippen LogP contribution in [0.1, 0.15) is 66.5 Å². The highest BCUT2D eigenvalue weighted by Gasteiger charge is 2.50. The molecule has 2 heterocycles. The minimum Gasteiger partial charge on any atom is -0.444 e. The number of carbonyl (C=O) groups is 1. The van der Waals surface area contributed by atoms with Crippen molar-refractivity contribution in [2.75, 3.05) is 6.61 Å². The summed E-state index contributed by atoms with van der Waals surface area (Å²) in [5.41, 5.74) is 0.387. The van der Waals surface area contributed by atoms with Crippen LogP contribution in [0, 0.1) is 5.92 Å².